The Labute approximate surface area is 178 Å². The number of carbonyl (C=O) groups excluding carboxylic acids is 2. The van der Waals surface area contributed by atoms with Gasteiger partial charge in [-0.2, -0.15) is 0 Å². The minimum atomic E-state index is -0.601. The second-order valence-corrected chi connectivity index (χ2v) is 7.83. The highest BCUT2D eigenvalue weighted by Gasteiger charge is 2.30. The van der Waals surface area contributed by atoms with Gasteiger partial charge >= 0.3 is 5.97 Å². The number of esters is 1. The minimum absolute atomic E-state index is 0.0747. The molecule has 0 spiro atoms. The normalized spacial score (nSPS) is 16.2. The van der Waals surface area contributed by atoms with Crippen LogP contribution >= 0.6 is 22.9 Å². The highest BCUT2D eigenvalue weighted by molar-refractivity contribution is 7.10. The molecule has 1 aromatic heterocycles. The maximum absolute atomic E-state index is 12.5. The van der Waals surface area contributed by atoms with E-state index in [1.807, 2.05) is 17.5 Å². The summed E-state index contributed by atoms with van der Waals surface area (Å²) in [7, 11) is 3.00. The van der Waals surface area contributed by atoms with Crippen LogP contribution in [0.5, 0.6) is 11.5 Å². The van der Waals surface area contributed by atoms with Gasteiger partial charge in [-0.3, -0.25) is 4.79 Å². The number of halogens is 1. The van der Waals surface area contributed by atoms with E-state index in [-0.39, 0.29) is 18.6 Å². The van der Waals surface area contributed by atoms with Crippen LogP contribution in [0.2, 0.25) is 5.02 Å². The van der Waals surface area contributed by atoms with Crippen LogP contribution in [0.3, 0.4) is 0 Å². The summed E-state index contributed by atoms with van der Waals surface area (Å²) < 4.78 is 15.5. The first-order valence-corrected chi connectivity index (χ1v) is 10.4. The molecule has 6 nitrogen and oxygen atoms in total. The van der Waals surface area contributed by atoms with Gasteiger partial charge in [-0.25, -0.2) is 4.79 Å². The SMILES string of the molecule is COc1cc(/C=C/C(=O)OCC(=O)N2CCCC2c2cccs2)cc(Cl)c1OC. The summed E-state index contributed by atoms with van der Waals surface area (Å²) in [6.45, 7) is 0.399. The molecule has 29 heavy (non-hydrogen) atoms. The topological polar surface area (TPSA) is 65.1 Å². The van der Waals surface area contributed by atoms with Gasteiger partial charge < -0.3 is 19.1 Å². The van der Waals surface area contributed by atoms with Crippen LogP contribution in [0.25, 0.3) is 6.08 Å². The highest BCUT2D eigenvalue weighted by atomic mass is 35.5. The fourth-order valence-electron chi connectivity index (χ4n) is 3.30. The zero-order valence-electron chi connectivity index (χ0n) is 16.2. The number of likely N-dealkylation sites (tertiary alicyclic amines) is 1. The molecule has 1 saturated heterocycles. The zero-order chi connectivity index (χ0) is 20.8. The van der Waals surface area contributed by atoms with E-state index in [1.54, 1.807) is 34.4 Å². The molecular formula is C21H22ClNO5S. The number of rotatable bonds is 7. The Hall–Kier alpha value is -2.51. The Morgan fingerprint density at radius 2 is 2.14 bits per heavy atom. The van der Waals surface area contributed by atoms with Gasteiger partial charge in [0.1, 0.15) is 0 Å². The molecule has 1 aromatic carbocycles. The van der Waals surface area contributed by atoms with Crippen LogP contribution in [0.15, 0.2) is 35.7 Å². The average Bonchev–Trinajstić information content (AvgIpc) is 3.41. The Morgan fingerprint density at radius 3 is 2.83 bits per heavy atom. The maximum Gasteiger partial charge on any atom is 0.331 e. The summed E-state index contributed by atoms with van der Waals surface area (Å²) in [4.78, 5) is 27.5. The molecule has 1 aliphatic heterocycles. The van der Waals surface area contributed by atoms with Crippen molar-refractivity contribution in [2.45, 2.75) is 18.9 Å². The van der Waals surface area contributed by atoms with Crippen molar-refractivity contribution in [3.05, 3.63) is 51.2 Å². The fourth-order valence-corrected chi connectivity index (χ4v) is 4.47. The first-order valence-electron chi connectivity index (χ1n) is 9.12. The lowest BCUT2D eigenvalue weighted by molar-refractivity contribution is -0.148. The summed E-state index contributed by atoms with van der Waals surface area (Å²) in [6, 6.07) is 7.42. The van der Waals surface area contributed by atoms with Crippen LogP contribution in [-0.2, 0) is 14.3 Å². The lowest BCUT2D eigenvalue weighted by Gasteiger charge is -2.23. The molecule has 154 valence electrons. The van der Waals surface area contributed by atoms with Gasteiger partial charge in [0.2, 0.25) is 0 Å². The van der Waals surface area contributed by atoms with Crippen molar-refractivity contribution >= 4 is 40.9 Å². The van der Waals surface area contributed by atoms with Crippen molar-refractivity contribution in [2.75, 3.05) is 27.4 Å². The quantitative estimate of drug-likeness (QED) is 0.478. The molecule has 2 aromatic rings. The summed E-state index contributed by atoms with van der Waals surface area (Å²) >= 11 is 7.79. The predicted molar refractivity (Wildman–Crippen MR) is 113 cm³/mol. The number of nitrogens with zero attached hydrogens (tertiary/aromatic N) is 1. The molecular weight excluding hydrogens is 414 g/mol. The van der Waals surface area contributed by atoms with Crippen molar-refractivity contribution in [3.63, 3.8) is 0 Å². The third-order valence-corrected chi connectivity index (χ3v) is 5.90. The molecule has 3 rings (SSSR count). The molecule has 1 aliphatic rings. The Bertz CT molecular complexity index is 897. The molecule has 2 heterocycles. The molecule has 0 saturated carbocycles. The summed E-state index contributed by atoms with van der Waals surface area (Å²) in [5, 5.41) is 2.37. The number of ether oxygens (including phenoxy) is 3. The van der Waals surface area contributed by atoms with Crippen molar-refractivity contribution < 1.29 is 23.8 Å². The fraction of sp³-hybridized carbons (Fsp3) is 0.333. The first kappa shape index (κ1) is 21.2. The van der Waals surface area contributed by atoms with Gasteiger partial charge in [0.15, 0.2) is 18.1 Å². The third-order valence-electron chi connectivity index (χ3n) is 4.65. The number of amides is 1. The van der Waals surface area contributed by atoms with Gasteiger partial charge in [-0.05, 0) is 48.1 Å². The average molecular weight is 436 g/mol. The van der Waals surface area contributed by atoms with E-state index < -0.39 is 5.97 Å². The Morgan fingerprint density at radius 1 is 1.31 bits per heavy atom. The van der Waals surface area contributed by atoms with E-state index in [0.29, 0.717) is 28.6 Å². The number of benzene rings is 1. The van der Waals surface area contributed by atoms with Gasteiger partial charge in [0.25, 0.3) is 5.91 Å². The number of carbonyl (C=O) groups is 2. The van der Waals surface area contributed by atoms with E-state index in [9.17, 15) is 9.59 Å². The van der Waals surface area contributed by atoms with Crippen molar-refractivity contribution in [3.8, 4) is 11.5 Å². The Kier molecular flexibility index (Phi) is 7.17. The molecule has 8 heteroatoms. The largest absolute Gasteiger partial charge is 0.493 e. The van der Waals surface area contributed by atoms with Gasteiger partial charge in [0.05, 0.1) is 25.3 Å². The molecule has 1 amide bonds. The van der Waals surface area contributed by atoms with Gasteiger partial charge in [-0.1, -0.05) is 17.7 Å². The molecule has 0 N–H and O–H groups in total. The number of methoxy groups -OCH3 is 2. The smallest absolute Gasteiger partial charge is 0.331 e. The Balaban J connectivity index is 1.57. The van der Waals surface area contributed by atoms with Crippen molar-refractivity contribution in [1.82, 2.24) is 4.90 Å². The van der Waals surface area contributed by atoms with E-state index in [2.05, 4.69) is 0 Å². The van der Waals surface area contributed by atoms with Crippen LogP contribution in [0, 0.1) is 0 Å². The monoisotopic (exact) mass is 435 g/mol. The molecule has 0 bridgehead atoms. The summed E-state index contributed by atoms with van der Waals surface area (Å²) in [5.41, 5.74) is 0.647. The molecule has 1 fully saturated rings. The van der Waals surface area contributed by atoms with Crippen LogP contribution in [0.4, 0.5) is 0 Å². The lowest BCUT2D eigenvalue weighted by atomic mass is 10.2. The van der Waals surface area contributed by atoms with E-state index >= 15 is 0 Å². The van der Waals surface area contributed by atoms with Crippen LogP contribution in [-0.4, -0.2) is 44.1 Å². The first-order chi connectivity index (χ1) is 14.0. The lowest BCUT2D eigenvalue weighted by Crippen LogP contribution is -2.33. The zero-order valence-corrected chi connectivity index (χ0v) is 17.8. The van der Waals surface area contributed by atoms with Crippen molar-refractivity contribution in [1.29, 1.82) is 0 Å². The van der Waals surface area contributed by atoms with Crippen molar-refractivity contribution in [2.24, 2.45) is 0 Å². The predicted octanol–water partition coefficient (Wildman–Crippen LogP) is 4.34. The van der Waals surface area contributed by atoms with E-state index in [4.69, 9.17) is 25.8 Å². The second-order valence-electron chi connectivity index (χ2n) is 6.44. The van der Waals surface area contributed by atoms with E-state index in [0.717, 1.165) is 17.7 Å². The maximum atomic E-state index is 12.5. The minimum Gasteiger partial charge on any atom is -0.493 e. The van der Waals surface area contributed by atoms with E-state index in [1.165, 1.54) is 20.3 Å². The number of hydrogen-bond donors (Lipinski definition) is 0. The highest BCUT2D eigenvalue weighted by Crippen LogP contribution is 2.36. The molecule has 0 aliphatic carbocycles. The summed E-state index contributed by atoms with van der Waals surface area (Å²) in [5.74, 6) is 0.0928. The molecule has 1 unspecified atom stereocenters. The third kappa shape index (κ3) is 5.10. The van der Waals surface area contributed by atoms with Gasteiger partial charge in [-0.15, -0.1) is 11.3 Å². The molecule has 1 atom stereocenters. The number of thiophene rings is 1. The standard InChI is InChI=1S/C21H22ClNO5S/c1-26-17-12-14(11-15(22)21(17)27-2)7-8-20(25)28-13-19(24)23-9-3-5-16(23)18-6-4-10-29-18/h4,6-8,10-12,16H,3,5,9,13H2,1-2H3/b8-7+. The number of hydrogen-bond acceptors (Lipinski definition) is 6. The van der Waals surface area contributed by atoms with Crippen LogP contribution < -0.4 is 9.47 Å². The summed E-state index contributed by atoms with van der Waals surface area (Å²) in [6.07, 6.45) is 4.68. The van der Waals surface area contributed by atoms with Gasteiger partial charge in [0, 0.05) is 17.5 Å². The second kappa shape index (κ2) is 9.80. The van der Waals surface area contributed by atoms with Crippen LogP contribution in [0.1, 0.15) is 29.3 Å². The molecule has 0 radical (unpaired) electrons.